The Bertz CT molecular complexity index is 608. The van der Waals surface area contributed by atoms with Crippen molar-refractivity contribution in [2.24, 2.45) is 0 Å². The molecular weight excluding hydrogens is 348 g/mol. The maximum Gasteiger partial charge on any atom is 0.268 e. The van der Waals surface area contributed by atoms with E-state index in [-0.39, 0.29) is 5.56 Å². The Hall–Kier alpha value is -0.940. The third-order valence-corrected chi connectivity index (χ3v) is 3.81. The third-order valence-electron chi connectivity index (χ3n) is 2.49. The second kappa shape index (κ2) is 5.14. The van der Waals surface area contributed by atoms with E-state index in [2.05, 4.69) is 36.8 Å². The fourth-order valence-electron chi connectivity index (χ4n) is 1.53. The van der Waals surface area contributed by atoms with Gasteiger partial charge in [-0.25, -0.2) is 4.98 Å². The average molecular weight is 358 g/mol. The molecule has 0 amide bonds. The van der Waals surface area contributed by atoms with Gasteiger partial charge < -0.3 is 0 Å². The lowest BCUT2D eigenvalue weighted by molar-refractivity contribution is 0.693. The van der Waals surface area contributed by atoms with E-state index in [0.717, 1.165) is 10.0 Å². The van der Waals surface area contributed by atoms with Gasteiger partial charge in [-0.2, -0.15) is 0 Å². The van der Waals surface area contributed by atoms with Gasteiger partial charge in [-0.1, -0.05) is 34.1 Å². The minimum absolute atomic E-state index is 0.0618. The van der Waals surface area contributed by atoms with E-state index < -0.39 is 0 Å². The zero-order valence-corrected chi connectivity index (χ0v) is 12.3. The first-order valence-electron chi connectivity index (χ1n) is 5.05. The van der Waals surface area contributed by atoms with Crippen LogP contribution in [0.1, 0.15) is 11.4 Å². The van der Waals surface area contributed by atoms with Crippen molar-refractivity contribution in [2.45, 2.75) is 13.5 Å². The summed E-state index contributed by atoms with van der Waals surface area (Å²) in [5.41, 5.74) is 0.992. The lowest BCUT2D eigenvalue weighted by Crippen LogP contribution is -2.24. The van der Waals surface area contributed by atoms with E-state index >= 15 is 0 Å². The summed E-state index contributed by atoms with van der Waals surface area (Å²) in [6.45, 7) is 2.34. The number of hydrogen-bond acceptors (Lipinski definition) is 2. The van der Waals surface area contributed by atoms with Crippen LogP contribution in [0, 0.1) is 6.92 Å². The summed E-state index contributed by atoms with van der Waals surface area (Å²) in [6, 6.07) is 7.84. The molecule has 0 atom stereocenters. The highest BCUT2D eigenvalue weighted by atomic mass is 79.9. The van der Waals surface area contributed by atoms with Gasteiger partial charge in [0.25, 0.3) is 5.56 Å². The van der Waals surface area contributed by atoms with Crippen LogP contribution in [0.3, 0.4) is 0 Å². The fourth-order valence-corrected chi connectivity index (χ4v) is 2.26. The van der Waals surface area contributed by atoms with E-state index in [1.165, 1.54) is 6.20 Å². The normalized spacial score (nSPS) is 10.5. The Labute approximate surface area is 116 Å². The van der Waals surface area contributed by atoms with Crippen LogP contribution in [0.15, 0.2) is 44.2 Å². The summed E-state index contributed by atoms with van der Waals surface area (Å²) >= 11 is 6.68. The number of aryl methyl sites for hydroxylation is 1. The van der Waals surface area contributed by atoms with Gasteiger partial charge in [0, 0.05) is 10.7 Å². The Balaban J connectivity index is 2.47. The molecule has 0 aliphatic carbocycles. The number of rotatable bonds is 2. The number of benzene rings is 1. The van der Waals surface area contributed by atoms with Crippen LogP contribution in [-0.4, -0.2) is 9.55 Å². The molecule has 0 spiro atoms. The smallest absolute Gasteiger partial charge is 0.268 e. The van der Waals surface area contributed by atoms with Gasteiger partial charge in [0.1, 0.15) is 10.3 Å². The Kier molecular flexibility index (Phi) is 3.79. The van der Waals surface area contributed by atoms with Crippen LogP contribution in [0.25, 0.3) is 0 Å². The molecule has 1 aromatic carbocycles. The van der Waals surface area contributed by atoms with Gasteiger partial charge in [0.05, 0.1) is 6.54 Å². The lowest BCUT2D eigenvalue weighted by atomic mass is 10.2. The predicted molar refractivity (Wildman–Crippen MR) is 74.2 cm³/mol. The van der Waals surface area contributed by atoms with Crippen LogP contribution in [-0.2, 0) is 6.54 Å². The van der Waals surface area contributed by atoms with E-state index in [1.54, 1.807) is 4.57 Å². The molecule has 88 valence electrons. The van der Waals surface area contributed by atoms with Gasteiger partial charge in [0.15, 0.2) is 0 Å². The Morgan fingerprint density at radius 1 is 1.24 bits per heavy atom. The Morgan fingerprint density at radius 3 is 2.65 bits per heavy atom. The van der Waals surface area contributed by atoms with Crippen molar-refractivity contribution in [3.8, 4) is 0 Å². The van der Waals surface area contributed by atoms with Gasteiger partial charge in [-0.05, 0) is 34.5 Å². The summed E-state index contributed by atoms with van der Waals surface area (Å²) in [7, 11) is 0. The highest BCUT2D eigenvalue weighted by Gasteiger charge is 2.07. The maximum absolute atomic E-state index is 12.0. The van der Waals surface area contributed by atoms with Crippen molar-refractivity contribution in [2.75, 3.05) is 0 Å². The minimum atomic E-state index is -0.0618. The first kappa shape index (κ1) is 12.5. The van der Waals surface area contributed by atoms with Crippen molar-refractivity contribution in [3.05, 3.63) is 61.1 Å². The van der Waals surface area contributed by atoms with Gasteiger partial charge >= 0.3 is 0 Å². The van der Waals surface area contributed by atoms with E-state index in [0.29, 0.717) is 16.8 Å². The molecule has 17 heavy (non-hydrogen) atoms. The maximum atomic E-state index is 12.0. The molecule has 0 N–H and O–H groups in total. The monoisotopic (exact) mass is 356 g/mol. The second-order valence-electron chi connectivity index (χ2n) is 3.64. The molecule has 0 fully saturated rings. The van der Waals surface area contributed by atoms with Crippen molar-refractivity contribution >= 4 is 31.9 Å². The highest BCUT2D eigenvalue weighted by Crippen LogP contribution is 2.17. The summed E-state index contributed by atoms with van der Waals surface area (Å²) in [5, 5.41) is 0. The molecule has 2 rings (SSSR count). The van der Waals surface area contributed by atoms with E-state index in [4.69, 9.17) is 0 Å². The molecule has 1 heterocycles. The first-order valence-corrected chi connectivity index (χ1v) is 6.63. The summed E-state index contributed by atoms with van der Waals surface area (Å²) in [5.74, 6) is 0.703. The molecule has 0 unspecified atom stereocenters. The average Bonchev–Trinajstić information content (AvgIpc) is 2.32. The summed E-state index contributed by atoms with van der Waals surface area (Å²) < 4.78 is 3.12. The summed E-state index contributed by atoms with van der Waals surface area (Å²) in [6.07, 6.45) is 1.54. The predicted octanol–water partition coefficient (Wildman–Crippen LogP) is 3.13. The van der Waals surface area contributed by atoms with E-state index in [9.17, 15) is 4.79 Å². The fraction of sp³-hybridized carbons (Fsp3) is 0.167. The van der Waals surface area contributed by atoms with Gasteiger partial charge in [-0.3, -0.25) is 9.36 Å². The van der Waals surface area contributed by atoms with Crippen LogP contribution in [0.5, 0.6) is 0 Å². The molecule has 0 aliphatic heterocycles. The molecular formula is C12H10Br2N2O. The molecule has 3 nitrogen and oxygen atoms in total. The quantitative estimate of drug-likeness (QED) is 0.827. The lowest BCUT2D eigenvalue weighted by Gasteiger charge is -2.10. The molecule has 0 saturated carbocycles. The molecule has 5 heteroatoms. The molecule has 2 aromatic rings. The van der Waals surface area contributed by atoms with Gasteiger partial charge in [-0.15, -0.1) is 0 Å². The van der Waals surface area contributed by atoms with Crippen molar-refractivity contribution in [1.82, 2.24) is 9.55 Å². The first-order chi connectivity index (χ1) is 8.09. The Morgan fingerprint density at radius 2 is 1.94 bits per heavy atom. The standard InChI is InChI=1S/C12H10Br2N2O/c1-8-15-6-11(14)12(17)16(8)7-9-4-2-3-5-10(9)13/h2-6H,7H2,1H3. The minimum Gasteiger partial charge on any atom is -0.291 e. The topological polar surface area (TPSA) is 34.9 Å². The van der Waals surface area contributed by atoms with Gasteiger partial charge in [0.2, 0.25) is 0 Å². The van der Waals surface area contributed by atoms with Crippen molar-refractivity contribution in [3.63, 3.8) is 0 Å². The molecule has 0 saturated heterocycles. The van der Waals surface area contributed by atoms with Crippen LogP contribution < -0.4 is 5.56 Å². The number of aromatic nitrogens is 2. The molecule has 1 aromatic heterocycles. The number of halogens is 2. The SMILES string of the molecule is Cc1ncc(Br)c(=O)n1Cc1ccccc1Br. The zero-order chi connectivity index (χ0) is 12.4. The van der Waals surface area contributed by atoms with Crippen LogP contribution >= 0.6 is 31.9 Å². The van der Waals surface area contributed by atoms with Crippen molar-refractivity contribution in [1.29, 1.82) is 0 Å². The molecule has 0 aliphatic rings. The van der Waals surface area contributed by atoms with Crippen LogP contribution in [0.4, 0.5) is 0 Å². The second-order valence-corrected chi connectivity index (χ2v) is 5.34. The molecule has 0 radical (unpaired) electrons. The zero-order valence-electron chi connectivity index (χ0n) is 9.15. The third kappa shape index (κ3) is 2.66. The van der Waals surface area contributed by atoms with E-state index in [1.807, 2.05) is 31.2 Å². The van der Waals surface area contributed by atoms with Crippen LogP contribution in [0.2, 0.25) is 0 Å². The van der Waals surface area contributed by atoms with Crippen molar-refractivity contribution < 1.29 is 0 Å². The summed E-state index contributed by atoms with van der Waals surface area (Å²) in [4.78, 5) is 16.1. The largest absolute Gasteiger partial charge is 0.291 e. The number of nitrogens with zero attached hydrogens (tertiary/aromatic N) is 2. The number of hydrogen-bond donors (Lipinski definition) is 0. The highest BCUT2D eigenvalue weighted by molar-refractivity contribution is 9.10. The molecule has 0 bridgehead atoms.